The standard InChI is InChI=1S/C18H20N2O2/c1-22-17(14-7-3-2-4-8-14)18(21)20-12-11-19-13-15-9-5-6-10-16(15)20/h2-10,17,19H,11-13H2,1H3. The molecule has 4 heteroatoms. The van der Waals surface area contributed by atoms with Crippen molar-refractivity contribution in [2.24, 2.45) is 0 Å². The Morgan fingerprint density at radius 3 is 2.64 bits per heavy atom. The summed E-state index contributed by atoms with van der Waals surface area (Å²) in [5.41, 5.74) is 2.98. The number of amides is 1. The summed E-state index contributed by atoms with van der Waals surface area (Å²) in [4.78, 5) is 14.8. The average molecular weight is 296 g/mol. The number of nitrogens with zero attached hydrogens (tertiary/aromatic N) is 1. The van der Waals surface area contributed by atoms with Crippen LogP contribution >= 0.6 is 0 Å². The van der Waals surface area contributed by atoms with Crippen LogP contribution in [0.1, 0.15) is 17.2 Å². The van der Waals surface area contributed by atoms with Gasteiger partial charge in [0.05, 0.1) is 0 Å². The first-order valence-electron chi connectivity index (χ1n) is 7.49. The van der Waals surface area contributed by atoms with E-state index in [1.54, 1.807) is 7.11 Å². The van der Waals surface area contributed by atoms with Crippen LogP contribution in [0.15, 0.2) is 54.6 Å². The Morgan fingerprint density at radius 2 is 1.86 bits per heavy atom. The van der Waals surface area contributed by atoms with Crippen molar-refractivity contribution in [3.8, 4) is 0 Å². The topological polar surface area (TPSA) is 41.6 Å². The molecule has 4 nitrogen and oxygen atoms in total. The van der Waals surface area contributed by atoms with Crippen molar-refractivity contribution in [2.75, 3.05) is 25.1 Å². The number of ether oxygens (including phenoxy) is 1. The Morgan fingerprint density at radius 1 is 1.14 bits per heavy atom. The van der Waals surface area contributed by atoms with E-state index in [1.807, 2.05) is 53.4 Å². The molecule has 1 aliphatic heterocycles. The van der Waals surface area contributed by atoms with Crippen molar-refractivity contribution in [2.45, 2.75) is 12.6 Å². The largest absolute Gasteiger partial charge is 0.367 e. The molecule has 0 fully saturated rings. The van der Waals surface area contributed by atoms with Gasteiger partial charge in [0.15, 0.2) is 6.10 Å². The lowest BCUT2D eigenvalue weighted by atomic mass is 10.1. The molecule has 1 N–H and O–H groups in total. The minimum atomic E-state index is -0.577. The molecular formula is C18H20N2O2. The fourth-order valence-corrected chi connectivity index (χ4v) is 2.84. The number of fused-ring (bicyclic) bond motifs is 1. The molecule has 0 aliphatic carbocycles. The first-order chi connectivity index (χ1) is 10.8. The van der Waals surface area contributed by atoms with E-state index >= 15 is 0 Å². The van der Waals surface area contributed by atoms with Crippen LogP contribution in [-0.4, -0.2) is 26.1 Å². The van der Waals surface area contributed by atoms with Crippen molar-refractivity contribution in [1.29, 1.82) is 0 Å². The molecular weight excluding hydrogens is 276 g/mol. The molecule has 0 saturated carbocycles. The lowest BCUT2D eigenvalue weighted by molar-refractivity contribution is -0.128. The molecule has 0 bridgehead atoms. The monoisotopic (exact) mass is 296 g/mol. The van der Waals surface area contributed by atoms with Crippen LogP contribution < -0.4 is 10.2 Å². The Labute approximate surface area is 130 Å². The van der Waals surface area contributed by atoms with E-state index in [0.29, 0.717) is 6.54 Å². The molecule has 22 heavy (non-hydrogen) atoms. The zero-order chi connectivity index (χ0) is 15.4. The van der Waals surface area contributed by atoms with E-state index in [2.05, 4.69) is 11.4 Å². The van der Waals surface area contributed by atoms with Crippen LogP contribution in [0.4, 0.5) is 5.69 Å². The molecule has 1 atom stereocenters. The van der Waals surface area contributed by atoms with Crippen molar-refractivity contribution in [3.63, 3.8) is 0 Å². The zero-order valence-corrected chi connectivity index (χ0v) is 12.7. The summed E-state index contributed by atoms with van der Waals surface area (Å²) in [6.45, 7) is 2.19. The molecule has 1 unspecified atom stereocenters. The second-order valence-corrected chi connectivity index (χ2v) is 5.32. The molecule has 114 valence electrons. The van der Waals surface area contributed by atoms with E-state index < -0.39 is 6.10 Å². The lowest BCUT2D eigenvalue weighted by Crippen LogP contribution is -2.38. The van der Waals surface area contributed by atoms with Crippen LogP contribution in [0.3, 0.4) is 0 Å². The summed E-state index contributed by atoms with van der Waals surface area (Å²) in [5.74, 6) is -0.0233. The zero-order valence-electron chi connectivity index (χ0n) is 12.7. The van der Waals surface area contributed by atoms with Crippen LogP contribution in [-0.2, 0) is 16.1 Å². The molecule has 2 aromatic carbocycles. The van der Waals surface area contributed by atoms with Crippen LogP contribution in [0.5, 0.6) is 0 Å². The van der Waals surface area contributed by atoms with Crippen molar-refractivity contribution in [1.82, 2.24) is 5.32 Å². The highest BCUT2D eigenvalue weighted by atomic mass is 16.5. The molecule has 3 rings (SSSR count). The van der Waals surface area contributed by atoms with Crippen LogP contribution in [0.25, 0.3) is 0 Å². The molecule has 1 amide bonds. The third kappa shape index (κ3) is 2.89. The fraction of sp³-hybridized carbons (Fsp3) is 0.278. The van der Waals surface area contributed by atoms with Crippen molar-refractivity contribution in [3.05, 3.63) is 65.7 Å². The highest BCUT2D eigenvalue weighted by molar-refractivity contribution is 5.98. The number of hydrogen-bond acceptors (Lipinski definition) is 3. The maximum Gasteiger partial charge on any atom is 0.260 e. The summed E-state index contributed by atoms with van der Waals surface area (Å²) in [7, 11) is 1.58. The normalized spacial score (nSPS) is 15.8. The van der Waals surface area contributed by atoms with Gasteiger partial charge in [-0.05, 0) is 17.2 Å². The van der Waals surface area contributed by atoms with E-state index in [4.69, 9.17) is 4.74 Å². The third-order valence-corrected chi connectivity index (χ3v) is 3.94. The van der Waals surface area contributed by atoms with Crippen molar-refractivity contribution >= 4 is 11.6 Å². The molecule has 1 aliphatic rings. The van der Waals surface area contributed by atoms with Gasteiger partial charge in [-0.1, -0.05) is 48.5 Å². The lowest BCUT2D eigenvalue weighted by Gasteiger charge is -2.27. The number of carbonyl (C=O) groups excluding carboxylic acids is 1. The number of methoxy groups -OCH3 is 1. The van der Waals surface area contributed by atoms with E-state index in [1.165, 1.54) is 0 Å². The molecule has 2 aromatic rings. The fourth-order valence-electron chi connectivity index (χ4n) is 2.84. The maximum absolute atomic E-state index is 13.0. The predicted molar refractivity (Wildman–Crippen MR) is 86.7 cm³/mol. The summed E-state index contributed by atoms with van der Waals surface area (Å²) in [6.07, 6.45) is -0.577. The van der Waals surface area contributed by atoms with Gasteiger partial charge in [0.25, 0.3) is 5.91 Å². The number of anilines is 1. The second-order valence-electron chi connectivity index (χ2n) is 5.32. The van der Waals surface area contributed by atoms with Gasteiger partial charge in [0, 0.05) is 32.4 Å². The predicted octanol–water partition coefficient (Wildman–Crippen LogP) is 2.51. The van der Waals surface area contributed by atoms with Gasteiger partial charge in [-0.3, -0.25) is 4.79 Å². The van der Waals surface area contributed by atoms with Gasteiger partial charge in [-0.2, -0.15) is 0 Å². The van der Waals surface area contributed by atoms with Gasteiger partial charge in [-0.25, -0.2) is 0 Å². The number of nitrogens with one attached hydrogen (secondary N) is 1. The summed E-state index contributed by atoms with van der Waals surface area (Å²) in [6, 6.07) is 17.7. The van der Waals surface area contributed by atoms with E-state index in [9.17, 15) is 4.79 Å². The smallest absolute Gasteiger partial charge is 0.260 e. The molecule has 0 saturated heterocycles. The molecule has 0 spiro atoms. The Kier molecular flexibility index (Phi) is 4.51. The van der Waals surface area contributed by atoms with Gasteiger partial charge >= 0.3 is 0 Å². The van der Waals surface area contributed by atoms with Crippen LogP contribution in [0, 0.1) is 0 Å². The number of para-hydroxylation sites is 1. The maximum atomic E-state index is 13.0. The first-order valence-corrected chi connectivity index (χ1v) is 7.49. The van der Waals surface area contributed by atoms with E-state index in [-0.39, 0.29) is 5.91 Å². The number of benzene rings is 2. The SMILES string of the molecule is COC(C(=O)N1CCNCc2ccccc21)c1ccccc1. The quantitative estimate of drug-likeness (QED) is 0.946. The minimum absolute atomic E-state index is 0.0233. The number of rotatable bonds is 3. The summed E-state index contributed by atoms with van der Waals surface area (Å²) < 4.78 is 5.50. The van der Waals surface area contributed by atoms with Crippen LogP contribution in [0.2, 0.25) is 0 Å². The molecule has 0 aromatic heterocycles. The summed E-state index contributed by atoms with van der Waals surface area (Å²) >= 11 is 0. The van der Waals surface area contributed by atoms with E-state index in [0.717, 1.165) is 29.9 Å². The second kappa shape index (κ2) is 6.73. The number of carbonyl (C=O) groups is 1. The first kappa shape index (κ1) is 14.8. The highest BCUT2D eigenvalue weighted by Crippen LogP contribution is 2.27. The van der Waals surface area contributed by atoms with Gasteiger partial charge in [-0.15, -0.1) is 0 Å². The van der Waals surface area contributed by atoms with Gasteiger partial charge in [0.2, 0.25) is 0 Å². The van der Waals surface area contributed by atoms with Gasteiger partial charge in [0.1, 0.15) is 0 Å². The average Bonchev–Trinajstić information content (AvgIpc) is 2.79. The third-order valence-electron chi connectivity index (χ3n) is 3.94. The Hall–Kier alpha value is -2.17. The Bertz CT molecular complexity index is 643. The number of hydrogen-bond donors (Lipinski definition) is 1. The molecule has 0 radical (unpaired) electrons. The van der Waals surface area contributed by atoms with Gasteiger partial charge < -0.3 is 15.0 Å². The minimum Gasteiger partial charge on any atom is -0.367 e. The highest BCUT2D eigenvalue weighted by Gasteiger charge is 2.28. The molecule has 1 heterocycles. The Balaban J connectivity index is 1.94. The van der Waals surface area contributed by atoms with Crippen molar-refractivity contribution < 1.29 is 9.53 Å². The summed E-state index contributed by atoms with van der Waals surface area (Å²) in [5, 5.41) is 3.35.